The Bertz CT molecular complexity index is 639. The summed E-state index contributed by atoms with van der Waals surface area (Å²) in [4.78, 5) is 27.9. The topological polar surface area (TPSA) is 70.1 Å². The molecule has 0 saturated carbocycles. The van der Waals surface area contributed by atoms with Crippen LogP contribution in [0.4, 0.5) is 0 Å². The van der Waals surface area contributed by atoms with E-state index in [2.05, 4.69) is 18.7 Å². The van der Waals surface area contributed by atoms with Crippen molar-refractivity contribution in [2.45, 2.75) is 32.8 Å². The van der Waals surface area contributed by atoms with Crippen molar-refractivity contribution in [1.29, 1.82) is 0 Å². The lowest BCUT2D eigenvalue weighted by Crippen LogP contribution is -2.61. The first-order valence-corrected chi connectivity index (χ1v) is 8.93. The fourth-order valence-electron chi connectivity index (χ4n) is 3.72. The van der Waals surface area contributed by atoms with E-state index in [1.165, 1.54) is 12.1 Å². The average Bonchev–Trinajstić information content (AvgIpc) is 2.57. The summed E-state index contributed by atoms with van der Waals surface area (Å²) in [5.41, 5.74) is -0.0500. The van der Waals surface area contributed by atoms with Gasteiger partial charge in [-0.2, -0.15) is 0 Å². The SMILES string of the molecule is CCN1CCC[C@@](C)(C(=O)N2CC(Oc3ccc(C(=O)O)cc3)C2)C1. The van der Waals surface area contributed by atoms with Crippen LogP contribution >= 0.6 is 0 Å². The molecular weight excluding hydrogens is 320 g/mol. The highest BCUT2D eigenvalue weighted by Gasteiger charge is 2.44. The second-order valence-corrected chi connectivity index (χ2v) is 7.31. The molecule has 1 amide bonds. The Hall–Kier alpha value is -2.08. The zero-order valence-electron chi connectivity index (χ0n) is 14.9. The number of carboxylic acids is 1. The molecule has 0 spiro atoms. The van der Waals surface area contributed by atoms with E-state index < -0.39 is 5.97 Å². The minimum atomic E-state index is -0.950. The quantitative estimate of drug-likeness (QED) is 0.884. The number of carbonyl (C=O) groups excluding carboxylic acids is 1. The lowest BCUT2D eigenvalue weighted by atomic mass is 9.79. The smallest absolute Gasteiger partial charge is 0.335 e. The molecule has 1 aromatic rings. The fraction of sp³-hybridized carbons (Fsp3) is 0.579. The molecule has 136 valence electrons. The lowest BCUT2D eigenvalue weighted by molar-refractivity contribution is -0.153. The second kappa shape index (κ2) is 7.04. The summed E-state index contributed by atoms with van der Waals surface area (Å²) in [5, 5.41) is 8.91. The third-order valence-corrected chi connectivity index (χ3v) is 5.28. The van der Waals surface area contributed by atoms with E-state index in [0.717, 1.165) is 32.5 Å². The minimum absolute atomic E-state index is 0.0194. The molecule has 0 aliphatic carbocycles. The number of aromatic carboxylic acids is 1. The van der Waals surface area contributed by atoms with Crippen molar-refractivity contribution in [2.75, 3.05) is 32.7 Å². The van der Waals surface area contributed by atoms with E-state index in [9.17, 15) is 9.59 Å². The van der Waals surface area contributed by atoms with Gasteiger partial charge in [0.1, 0.15) is 11.9 Å². The summed E-state index contributed by atoms with van der Waals surface area (Å²) in [7, 11) is 0. The molecule has 0 aromatic heterocycles. The normalized spacial score (nSPS) is 24.6. The van der Waals surface area contributed by atoms with Crippen molar-refractivity contribution < 1.29 is 19.4 Å². The van der Waals surface area contributed by atoms with Crippen molar-refractivity contribution in [3.8, 4) is 5.75 Å². The molecular formula is C19H26N2O4. The number of carbonyl (C=O) groups is 2. The monoisotopic (exact) mass is 346 g/mol. The molecule has 1 N–H and O–H groups in total. The van der Waals surface area contributed by atoms with Crippen LogP contribution in [0, 0.1) is 5.41 Å². The van der Waals surface area contributed by atoms with Gasteiger partial charge in [-0.25, -0.2) is 4.79 Å². The highest BCUT2D eigenvalue weighted by molar-refractivity contribution is 5.87. The van der Waals surface area contributed by atoms with Gasteiger partial charge in [0.15, 0.2) is 0 Å². The van der Waals surface area contributed by atoms with Crippen molar-refractivity contribution >= 4 is 11.9 Å². The van der Waals surface area contributed by atoms with Crippen LogP contribution in [0.25, 0.3) is 0 Å². The van der Waals surface area contributed by atoms with Crippen molar-refractivity contribution in [1.82, 2.24) is 9.80 Å². The first kappa shape index (κ1) is 17.7. The Kier molecular flexibility index (Phi) is 4.99. The Morgan fingerprint density at radius 2 is 1.96 bits per heavy atom. The summed E-state index contributed by atoms with van der Waals surface area (Å²) < 4.78 is 5.83. The van der Waals surface area contributed by atoms with Gasteiger partial charge >= 0.3 is 5.97 Å². The van der Waals surface area contributed by atoms with Crippen LogP contribution in [-0.4, -0.2) is 65.6 Å². The predicted molar refractivity (Wildman–Crippen MR) is 93.9 cm³/mol. The number of nitrogens with zero attached hydrogens (tertiary/aromatic N) is 2. The number of carboxylic acid groups (broad SMARTS) is 1. The summed E-state index contributed by atoms with van der Waals surface area (Å²) in [6, 6.07) is 6.38. The number of likely N-dealkylation sites (tertiary alicyclic amines) is 2. The molecule has 2 aliphatic heterocycles. The Morgan fingerprint density at radius 1 is 1.28 bits per heavy atom. The highest BCUT2D eigenvalue weighted by Crippen LogP contribution is 2.33. The maximum atomic E-state index is 12.9. The Balaban J connectivity index is 1.51. The van der Waals surface area contributed by atoms with Crippen LogP contribution in [0.5, 0.6) is 5.75 Å². The van der Waals surface area contributed by atoms with Gasteiger partial charge < -0.3 is 19.6 Å². The Labute approximate surface area is 148 Å². The lowest BCUT2D eigenvalue weighted by Gasteiger charge is -2.46. The number of hydrogen-bond acceptors (Lipinski definition) is 4. The van der Waals surface area contributed by atoms with E-state index in [4.69, 9.17) is 9.84 Å². The van der Waals surface area contributed by atoms with Gasteiger partial charge in [-0.3, -0.25) is 4.79 Å². The number of amides is 1. The number of piperidine rings is 1. The van der Waals surface area contributed by atoms with Crippen LogP contribution in [0.1, 0.15) is 37.0 Å². The number of hydrogen-bond donors (Lipinski definition) is 1. The van der Waals surface area contributed by atoms with Gasteiger partial charge in [0.2, 0.25) is 5.91 Å². The van der Waals surface area contributed by atoms with Gasteiger partial charge in [-0.1, -0.05) is 6.92 Å². The maximum Gasteiger partial charge on any atom is 0.335 e. The molecule has 2 aliphatic rings. The van der Waals surface area contributed by atoms with E-state index in [1.807, 2.05) is 4.90 Å². The van der Waals surface area contributed by atoms with Crippen LogP contribution in [0.3, 0.4) is 0 Å². The average molecular weight is 346 g/mol. The van der Waals surface area contributed by atoms with Crippen LogP contribution in [0.15, 0.2) is 24.3 Å². The molecule has 2 fully saturated rings. The molecule has 25 heavy (non-hydrogen) atoms. The van der Waals surface area contributed by atoms with Gasteiger partial charge in [-0.05, 0) is 57.1 Å². The van der Waals surface area contributed by atoms with Crippen molar-refractivity contribution in [2.24, 2.45) is 5.41 Å². The summed E-state index contributed by atoms with van der Waals surface area (Å²) in [5.74, 6) is -0.0799. The number of benzene rings is 1. The largest absolute Gasteiger partial charge is 0.487 e. The third-order valence-electron chi connectivity index (χ3n) is 5.28. The standard InChI is InChI=1S/C19H26N2O4/c1-3-20-10-4-9-19(2,13-20)18(24)21-11-16(12-21)25-15-7-5-14(6-8-15)17(22)23/h5-8,16H,3-4,9-13H2,1-2H3,(H,22,23)/t19-/m1/s1. The molecule has 1 aromatic carbocycles. The zero-order valence-corrected chi connectivity index (χ0v) is 14.9. The summed E-state index contributed by atoms with van der Waals surface area (Å²) in [6.45, 7) is 8.32. The van der Waals surface area contributed by atoms with E-state index in [0.29, 0.717) is 18.8 Å². The van der Waals surface area contributed by atoms with Gasteiger partial charge in [0, 0.05) is 6.54 Å². The molecule has 0 radical (unpaired) electrons. The molecule has 2 heterocycles. The molecule has 1 atom stereocenters. The molecule has 6 nitrogen and oxygen atoms in total. The van der Waals surface area contributed by atoms with E-state index >= 15 is 0 Å². The highest BCUT2D eigenvalue weighted by atomic mass is 16.5. The van der Waals surface area contributed by atoms with Crippen LogP contribution in [-0.2, 0) is 4.79 Å². The molecule has 3 rings (SSSR count). The first-order chi connectivity index (χ1) is 11.9. The van der Waals surface area contributed by atoms with E-state index in [-0.39, 0.29) is 23.0 Å². The second-order valence-electron chi connectivity index (χ2n) is 7.31. The minimum Gasteiger partial charge on any atom is -0.487 e. The third kappa shape index (κ3) is 3.79. The maximum absolute atomic E-state index is 12.9. The summed E-state index contributed by atoms with van der Waals surface area (Å²) >= 11 is 0. The number of rotatable bonds is 5. The van der Waals surface area contributed by atoms with Gasteiger partial charge in [0.05, 0.1) is 24.1 Å². The van der Waals surface area contributed by atoms with Crippen LogP contribution in [0.2, 0.25) is 0 Å². The first-order valence-electron chi connectivity index (χ1n) is 8.93. The van der Waals surface area contributed by atoms with E-state index in [1.54, 1.807) is 12.1 Å². The number of ether oxygens (including phenoxy) is 1. The fourth-order valence-corrected chi connectivity index (χ4v) is 3.72. The molecule has 0 unspecified atom stereocenters. The van der Waals surface area contributed by atoms with Crippen molar-refractivity contribution in [3.63, 3.8) is 0 Å². The van der Waals surface area contributed by atoms with Gasteiger partial charge in [0.25, 0.3) is 0 Å². The molecule has 0 bridgehead atoms. The van der Waals surface area contributed by atoms with Crippen LogP contribution < -0.4 is 4.74 Å². The van der Waals surface area contributed by atoms with Gasteiger partial charge in [-0.15, -0.1) is 0 Å². The predicted octanol–water partition coefficient (Wildman–Crippen LogP) is 2.10. The Morgan fingerprint density at radius 3 is 2.56 bits per heavy atom. The summed E-state index contributed by atoms with van der Waals surface area (Å²) in [6.07, 6.45) is 2.00. The molecule has 2 saturated heterocycles. The zero-order chi connectivity index (χ0) is 18.0. The van der Waals surface area contributed by atoms with Crippen molar-refractivity contribution in [3.05, 3.63) is 29.8 Å². The molecule has 6 heteroatoms.